The number of rotatable bonds is 8. The number of benzene rings is 2. The molecule has 1 amide bonds. The normalized spacial score (nSPS) is 11.1. The topological polar surface area (TPSA) is 66.5 Å². The number of halogens is 1. The van der Waals surface area contributed by atoms with E-state index in [0.717, 1.165) is 5.56 Å². The Balaban J connectivity index is 1.77. The van der Waals surface area contributed by atoms with E-state index in [1.54, 1.807) is 36.4 Å². The van der Waals surface area contributed by atoms with Gasteiger partial charge in [-0.15, -0.1) is 0 Å². The average molecular weight is 381 g/mol. The number of carbonyl (C=O) groups is 1. The molecule has 1 N–H and O–H groups in total. The maximum Gasteiger partial charge on any atom is 0.235 e. The van der Waals surface area contributed by atoms with Gasteiger partial charge in [0.2, 0.25) is 15.9 Å². The van der Waals surface area contributed by atoms with Crippen LogP contribution in [0.3, 0.4) is 0 Å². The first-order valence-corrected chi connectivity index (χ1v) is 9.90. The molecular weight excluding hydrogens is 360 g/mol. The Bertz CT molecular complexity index is 793. The molecule has 0 unspecified atom stereocenters. The average Bonchev–Trinajstić information content (AvgIpc) is 2.62. The van der Waals surface area contributed by atoms with Crippen molar-refractivity contribution in [1.29, 1.82) is 0 Å². The lowest BCUT2D eigenvalue weighted by molar-refractivity contribution is -0.120. The standard InChI is InChI=1S/C18H21ClN2O3S/c1-21(17-5-3-2-4-6-17)25(23,24)14-12-18(22)20-13-11-15-7-9-16(19)10-8-15/h2-10H,11-14H2,1H3,(H,20,22). The molecule has 134 valence electrons. The van der Waals surface area contributed by atoms with Gasteiger partial charge in [0.05, 0.1) is 11.4 Å². The van der Waals surface area contributed by atoms with Gasteiger partial charge in [0.1, 0.15) is 0 Å². The number of sulfonamides is 1. The zero-order valence-electron chi connectivity index (χ0n) is 14.0. The van der Waals surface area contributed by atoms with Crippen LogP contribution in [0.4, 0.5) is 5.69 Å². The maximum absolute atomic E-state index is 12.3. The lowest BCUT2D eigenvalue weighted by atomic mass is 10.1. The van der Waals surface area contributed by atoms with E-state index in [2.05, 4.69) is 5.32 Å². The van der Waals surface area contributed by atoms with Gasteiger partial charge in [-0.25, -0.2) is 8.42 Å². The minimum atomic E-state index is -3.53. The van der Waals surface area contributed by atoms with Crippen LogP contribution in [0.5, 0.6) is 0 Å². The molecule has 25 heavy (non-hydrogen) atoms. The quantitative estimate of drug-likeness (QED) is 0.765. The van der Waals surface area contributed by atoms with Crippen molar-refractivity contribution in [3.63, 3.8) is 0 Å². The Morgan fingerprint density at radius 2 is 1.72 bits per heavy atom. The third-order valence-corrected chi connectivity index (χ3v) is 5.79. The van der Waals surface area contributed by atoms with Gasteiger partial charge in [-0.3, -0.25) is 9.10 Å². The highest BCUT2D eigenvalue weighted by Gasteiger charge is 2.19. The molecule has 0 heterocycles. The molecule has 0 aromatic heterocycles. The third-order valence-electron chi connectivity index (χ3n) is 3.77. The Morgan fingerprint density at radius 3 is 2.36 bits per heavy atom. The molecule has 0 radical (unpaired) electrons. The predicted octanol–water partition coefficient (Wildman–Crippen LogP) is 2.86. The monoisotopic (exact) mass is 380 g/mol. The van der Waals surface area contributed by atoms with Crippen LogP contribution in [0.2, 0.25) is 5.02 Å². The van der Waals surface area contributed by atoms with E-state index in [1.165, 1.54) is 11.4 Å². The number of amides is 1. The lowest BCUT2D eigenvalue weighted by Gasteiger charge is -2.19. The molecule has 0 aliphatic rings. The molecule has 2 rings (SSSR count). The summed E-state index contributed by atoms with van der Waals surface area (Å²) < 4.78 is 25.8. The first-order valence-electron chi connectivity index (χ1n) is 7.91. The van der Waals surface area contributed by atoms with Gasteiger partial charge in [-0.2, -0.15) is 0 Å². The first-order chi connectivity index (χ1) is 11.9. The minimum Gasteiger partial charge on any atom is -0.356 e. The van der Waals surface area contributed by atoms with Crippen LogP contribution in [0.1, 0.15) is 12.0 Å². The number of carbonyl (C=O) groups excluding carboxylic acids is 1. The van der Waals surface area contributed by atoms with E-state index in [0.29, 0.717) is 23.7 Å². The summed E-state index contributed by atoms with van der Waals surface area (Å²) in [7, 11) is -2.04. The van der Waals surface area contributed by atoms with E-state index in [1.807, 2.05) is 18.2 Å². The van der Waals surface area contributed by atoms with Crippen LogP contribution in [-0.2, 0) is 21.2 Å². The molecule has 0 saturated heterocycles. The highest BCUT2D eigenvalue weighted by atomic mass is 35.5. The van der Waals surface area contributed by atoms with Gasteiger partial charge in [0.15, 0.2) is 0 Å². The van der Waals surface area contributed by atoms with Crippen molar-refractivity contribution in [1.82, 2.24) is 5.32 Å². The van der Waals surface area contributed by atoms with E-state index in [4.69, 9.17) is 11.6 Å². The van der Waals surface area contributed by atoms with Crippen LogP contribution < -0.4 is 9.62 Å². The van der Waals surface area contributed by atoms with Crippen LogP contribution in [0.25, 0.3) is 0 Å². The number of nitrogens with zero attached hydrogens (tertiary/aromatic N) is 1. The molecule has 7 heteroatoms. The Morgan fingerprint density at radius 1 is 1.08 bits per heavy atom. The SMILES string of the molecule is CN(c1ccccc1)S(=O)(=O)CCC(=O)NCCc1ccc(Cl)cc1. The summed E-state index contributed by atoms with van der Waals surface area (Å²) in [5.74, 6) is -0.510. The van der Waals surface area contributed by atoms with Crippen molar-refractivity contribution in [2.45, 2.75) is 12.8 Å². The van der Waals surface area contributed by atoms with Crippen molar-refractivity contribution < 1.29 is 13.2 Å². The summed E-state index contributed by atoms with van der Waals surface area (Å²) in [6.07, 6.45) is 0.597. The summed E-state index contributed by atoms with van der Waals surface area (Å²) in [5.41, 5.74) is 1.63. The zero-order chi connectivity index (χ0) is 18.3. The van der Waals surface area contributed by atoms with Gasteiger partial charge >= 0.3 is 0 Å². The van der Waals surface area contributed by atoms with Gasteiger partial charge < -0.3 is 5.32 Å². The fraction of sp³-hybridized carbons (Fsp3) is 0.278. The molecular formula is C18H21ClN2O3S. The fourth-order valence-corrected chi connectivity index (χ4v) is 3.53. The Hall–Kier alpha value is -2.05. The maximum atomic E-state index is 12.3. The number of anilines is 1. The fourth-order valence-electron chi connectivity index (χ4n) is 2.24. The summed E-state index contributed by atoms with van der Waals surface area (Å²) in [6.45, 7) is 0.453. The number of para-hydroxylation sites is 1. The molecule has 0 spiro atoms. The molecule has 0 saturated carbocycles. The summed E-state index contributed by atoms with van der Waals surface area (Å²) in [4.78, 5) is 11.9. The highest BCUT2D eigenvalue weighted by Crippen LogP contribution is 2.15. The van der Waals surface area contributed by atoms with Crippen LogP contribution >= 0.6 is 11.6 Å². The van der Waals surface area contributed by atoms with E-state index >= 15 is 0 Å². The van der Waals surface area contributed by atoms with Gasteiger partial charge in [-0.05, 0) is 36.2 Å². The molecule has 2 aromatic rings. The van der Waals surface area contributed by atoms with Gasteiger partial charge in [0, 0.05) is 25.0 Å². The second-order valence-corrected chi connectivity index (χ2v) is 8.15. The molecule has 2 aromatic carbocycles. The van der Waals surface area contributed by atoms with Crippen molar-refractivity contribution >= 4 is 33.2 Å². The zero-order valence-corrected chi connectivity index (χ0v) is 15.6. The van der Waals surface area contributed by atoms with Crippen LogP contribution in [-0.4, -0.2) is 33.7 Å². The van der Waals surface area contributed by atoms with E-state index in [9.17, 15) is 13.2 Å². The third kappa shape index (κ3) is 6.07. The molecule has 0 aliphatic heterocycles. The minimum absolute atomic E-state index is 0.0693. The molecule has 0 atom stereocenters. The van der Waals surface area contributed by atoms with Crippen molar-refractivity contribution in [3.05, 3.63) is 65.2 Å². The number of nitrogens with one attached hydrogen (secondary N) is 1. The van der Waals surface area contributed by atoms with Crippen LogP contribution in [0.15, 0.2) is 54.6 Å². The van der Waals surface area contributed by atoms with Crippen molar-refractivity contribution in [2.75, 3.05) is 23.7 Å². The Kier molecular flexibility index (Phi) is 6.84. The largest absolute Gasteiger partial charge is 0.356 e. The summed E-state index contributed by atoms with van der Waals surface area (Å²) >= 11 is 5.82. The number of hydrogen-bond donors (Lipinski definition) is 1. The molecule has 0 bridgehead atoms. The Labute approximate surface area is 153 Å². The van der Waals surface area contributed by atoms with Crippen LogP contribution in [0, 0.1) is 0 Å². The van der Waals surface area contributed by atoms with E-state index < -0.39 is 10.0 Å². The van der Waals surface area contributed by atoms with Gasteiger partial charge in [0.25, 0.3) is 0 Å². The van der Waals surface area contributed by atoms with Crippen molar-refractivity contribution in [3.8, 4) is 0 Å². The first kappa shape index (κ1) is 19.3. The molecule has 5 nitrogen and oxygen atoms in total. The highest BCUT2D eigenvalue weighted by molar-refractivity contribution is 7.92. The smallest absolute Gasteiger partial charge is 0.235 e. The second kappa shape index (κ2) is 8.87. The van der Waals surface area contributed by atoms with Crippen molar-refractivity contribution in [2.24, 2.45) is 0 Å². The van der Waals surface area contributed by atoms with E-state index in [-0.39, 0.29) is 18.1 Å². The second-order valence-electron chi connectivity index (χ2n) is 5.60. The number of hydrogen-bond acceptors (Lipinski definition) is 3. The molecule has 0 aliphatic carbocycles. The lowest BCUT2D eigenvalue weighted by Crippen LogP contribution is -2.33. The predicted molar refractivity (Wildman–Crippen MR) is 101 cm³/mol. The van der Waals surface area contributed by atoms with Gasteiger partial charge in [-0.1, -0.05) is 41.9 Å². The summed E-state index contributed by atoms with van der Waals surface area (Å²) in [6, 6.07) is 16.2. The molecule has 0 fully saturated rings. The summed E-state index contributed by atoms with van der Waals surface area (Å²) in [5, 5.41) is 3.41.